The minimum Gasteiger partial charge on any atom is -0.351 e. The highest BCUT2D eigenvalue weighted by atomic mass is 32.1. The number of halogens is 2. The topological polar surface area (TPSA) is 54.2 Å². The fourth-order valence-corrected chi connectivity index (χ4v) is 4.21. The summed E-state index contributed by atoms with van der Waals surface area (Å²) < 4.78 is 33.3. The Bertz CT molecular complexity index is 1160. The zero-order valence-corrected chi connectivity index (χ0v) is 18.8. The molecule has 5 nitrogen and oxygen atoms in total. The molecule has 1 aliphatic heterocycles. The lowest BCUT2D eigenvalue weighted by molar-refractivity contribution is 0.395. The van der Waals surface area contributed by atoms with Crippen LogP contribution in [0.4, 0.5) is 8.78 Å². The van der Waals surface area contributed by atoms with Gasteiger partial charge in [0, 0.05) is 17.8 Å². The van der Waals surface area contributed by atoms with Crippen molar-refractivity contribution < 1.29 is 13.3 Å². The summed E-state index contributed by atoms with van der Waals surface area (Å²) in [5.41, 5.74) is 2.80. The van der Waals surface area contributed by atoms with Gasteiger partial charge in [-0.15, -0.1) is 0 Å². The van der Waals surface area contributed by atoms with Crippen LogP contribution in [-0.2, 0) is 0 Å². The molecule has 2 heterocycles. The van der Waals surface area contributed by atoms with Crippen molar-refractivity contribution in [3.63, 3.8) is 0 Å². The fraction of sp³-hybridized carbons (Fsp3) is 0.292. The van der Waals surface area contributed by atoms with Crippen molar-refractivity contribution in [1.29, 1.82) is 0 Å². The molecule has 8 heteroatoms. The van der Waals surface area contributed by atoms with Crippen molar-refractivity contribution in [2.75, 3.05) is 6.54 Å². The van der Waals surface area contributed by atoms with Crippen LogP contribution in [0.1, 0.15) is 50.6 Å². The molecule has 1 aliphatic rings. The van der Waals surface area contributed by atoms with Gasteiger partial charge >= 0.3 is 0 Å². The van der Waals surface area contributed by atoms with Crippen LogP contribution < -0.4 is 5.32 Å². The van der Waals surface area contributed by atoms with E-state index in [1.54, 1.807) is 18.2 Å². The Labute approximate surface area is 191 Å². The molecule has 0 aliphatic carbocycles. The molecule has 1 atom stereocenters. The molecule has 1 aromatic heterocycles. The van der Waals surface area contributed by atoms with Crippen LogP contribution in [-0.4, -0.2) is 26.7 Å². The van der Waals surface area contributed by atoms with Gasteiger partial charge in [0.2, 0.25) is 5.82 Å². The summed E-state index contributed by atoms with van der Waals surface area (Å²) in [5, 5.41) is 7.95. The summed E-state index contributed by atoms with van der Waals surface area (Å²) in [6.45, 7) is 4.84. The highest BCUT2D eigenvalue weighted by molar-refractivity contribution is 7.80. The number of thiocarbonyl (C=S) groups is 1. The second-order valence-corrected chi connectivity index (χ2v) is 8.12. The van der Waals surface area contributed by atoms with Gasteiger partial charge in [-0.2, -0.15) is 4.98 Å². The molecule has 3 aromatic rings. The van der Waals surface area contributed by atoms with Crippen LogP contribution in [0.15, 0.2) is 58.8 Å². The number of unbranched alkanes of at least 4 members (excludes halogenated alkanes) is 2. The van der Waals surface area contributed by atoms with Gasteiger partial charge in [-0.1, -0.05) is 49.2 Å². The van der Waals surface area contributed by atoms with E-state index in [0.717, 1.165) is 37.1 Å². The largest absolute Gasteiger partial charge is 0.351 e. The van der Waals surface area contributed by atoms with Gasteiger partial charge in [-0.25, -0.2) is 8.78 Å². The van der Waals surface area contributed by atoms with E-state index in [4.69, 9.17) is 16.7 Å². The third-order valence-electron chi connectivity index (χ3n) is 5.50. The molecule has 0 saturated heterocycles. The van der Waals surface area contributed by atoms with E-state index in [-0.39, 0.29) is 23.3 Å². The van der Waals surface area contributed by atoms with Crippen molar-refractivity contribution in [1.82, 2.24) is 20.4 Å². The molecule has 0 fully saturated rings. The molecule has 32 heavy (non-hydrogen) atoms. The fourth-order valence-electron chi connectivity index (χ4n) is 3.86. The van der Waals surface area contributed by atoms with E-state index in [2.05, 4.69) is 22.4 Å². The first-order chi connectivity index (χ1) is 15.5. The number of hydrogen-bond acceptors (Lipinski definition) is 4. The zero-order valence-electron chi connectivity index (χ0n) is 17.9. The SMILES string of the molecule is CCCCCN1C(=S)NC(c2cccc(F)c2)C(c2nc(-c3cccc(F)c3)no2)=C1C. The molecule has 4 rings (SSSR count). The predicted molar refractivity (Wildman–Crippen MR) is 123 cm³/mol. The first-order valence-electron chi connectivity index (χ1n) is 10.6. The van der Waals surface area contributed by atoms with E-state index in [1.165, 1.54) is 24.3 Å². The predicted octanol–water partition coefficient (Wildman–Crippen LogP) is 5.87. The quantitative estimate of drug-likeness (QED) is 0.356. The van der Waals surface area contributed by atoms with Crippen LogP contribution in [0.3, 0.4) is 0 Å². The zero-order chi connectivity index (χ0) is 22.7. The van der Waals surface area contributed by atoms with Crippen molar-refractivity contribution in [3.8, 4) is 11.4 Å². The first-order valence-corrected chi connectivity index (χ1v) is 11.0. The second-order valence-electron chi connectivity index (χ2n) is 7.73. The van der Waals surface area contributed by atoms with E-state index in [0.29, 0.717) is 16.2 Å². The summed E-state index contributed by atoms with van der Waals surface area (Å²) in [4.78, 5) is 6.56. The molecular formula is C24H24F2N4OS. The number of aromatic nitrogens is 2. The number of hydrogen-bond donors (Lipinski definition) is 1. The van der Waals surface area contributed by atoms with Gasteiger partial charge in [0.25, 0.3) is 5.89 Å². The van der Waals surface area contributed by atoms with E-state index >= 15 is 0 Å². The Balaban J connectivity index is 1.78. The molecule has 1 N–H and O–H groups in total. The smallest absolute Gasteiger partial charge is 0.258 e. The Kier molecular flexibility index (Phi) is 6.60. The van der Waals surface area contributed by atoms with Crippen LogP contribution in [0, 0.1) is 11.6 Å². The Morgan fingerprint density at radius 3 is 2.56 bits per heavy atom. The summed E-state index contributed by atoms with van der Waals surface area (Å²) in [7, 11) is 0. The Morgan fingerprint density at radius 2 is 1.84 bits per heavy atom. The van der Waals surface area contributed by atoms with Gasteiger partial charge in [-0.3, -0.25) is 0 Å². The third kappa shape index (κ3) is 4.55. The number of allylic oxidation sites excluding steroid dienone is 1. The molecule has 0 saturated carbocycles. The average molecular weight is 455 g/mol. The lowest BCUT2D eigenvalue weighted by Crippen LogP contribution is -2.46. The van der Waals surface area contributed by atoms with E-state index in [1.807, 2.05) is 17.9 Å². The van der Waals surface area contributed by atoms with Crippen LogP contribution >= 0.6 is 12.2 Å². The normalized spacial score (nSPS) is 16.4. The van der Waals surface area contributed by atoms with Gasteiger partial charge in [0.15, 0.2) is 5.11 Å². The number of rotatable bonds is 7. The highest BCUT2D eigenvalue weighted by Crippen LogP contribution is 2.37. The van der Waals surface area contributed by atoms with Crippen molar-refractivity contribution in [3.05, 3.63) is 77.3 Å². The van der Waals surface area contributed by atoms with Gasteiger partial charge < -0.3 is 14.7 Å². The summed E-state index contributed by atoms with van der Waals surface area (Å²) >= 11 is 5.64. The van der Waals surface area contributed by atoms with E-state index in [9.17, 15) is 8.78 Å². The average Bonchev–Trinajstić information content (AvgIpc) is 3.25. The number of nitrogens with zero attached hydrogens (tertiary/aromatic N) is 3. The Hall–Kier alpha value is -3.13. The van der Waals surface area contributed by atoms with Crippen molar-refractivity contribution in [2.24, 2.45) is 0 Å². The second kappa shape index (κ2) is 9.56. The maximum atomic E-state index is 14.0. The van der Waals surface area contributed by atoms with Crippen LogP contribution in [0.25, 0.3) is 17.0 Å². The van der Waals surface area contributed by atoms with Gasteiger partial charge in [-0.05, 0) is 55.4 Å². The van der Waals surface area contributed by atoms with Gasteiger partial charge in [0.05, 0.1) is 11.6 Å². The van der Waals surface area contributed by atoms with Crippen LogP contribution in [0.2, 0.25) is 0 Å². The molecule has 1 unspecified atom stereocenters. The van der Waals surface area contributed by atoms with E-state index < -0.39 is 6.04 Å². The molecule has 0 bridgehead atoms. The standard InChI is InChI=1S/C24H24F2N4OS/c1-3-4-5-12-30-15(2)20(21(27-24(30)32)16-8-6-10-18(25)13-16)23-28-22(29-31-23)17-9-7-11-19(26)14-17/h6-11,13-14,21H,3-5,12H2,1-2H3,(H,27,32). The van der Waals surface area contributed by atoms with Crippen LogP contribution in [0.5, 0.6) is 0 Å². The summed E-state index contributed by atoms with van der Waals surface area (Å²) in [6.07, 6.45) is 3.15. The lowest BCUT2D eigenvalue weighted by Gasteiger charge is -2.37. The molecule has 166 valence electrons. The Morgan fingerprint density at radius 1 is 1.09 bits per heavy atom. The maximum absolute atomic E-state index is 14.0. The molecule has 2 aromatic carbocycles. The number of nitrogens with one attached hydrogen (secondary N) is 1. The minimum atomic E-state index is -0.457. The minimum absolute atomic E-state index is 0.281. The maximum Gasteiger partial charge on any atom is 0.258 e. The lowest BCUT2D eigenvalue weighted by atomic mass is 9.94. The molecule has 0 amide bonds. The van der Waals surface area contributed by atoms with Crippen molar-refractivity contribution >= 4 is 22.9 Å². The summed E-state index contributed by atoms with van der Waals surface area (Å²) in [6, 6.07) is 11.9. The number of benzene rings is 2. The molecule has 0 spiro atoms. The molecule has 0 radical (unpaired) electrons. The van der Waals surface area contributed by atoms with Gasteiger partial charge in [0.1, 0.15) is 11.6 Å². The molecular weight excluding hydrogens is 430 g/mol. The monoisotopic (exact) mass is 454 g/mol. The summed E-state index contributed by atoms with van der Waals surface area (Å²) in [5.74, 6) is -0.160. The highest BCUT2D eigenvalue weighted by Gasteiger charge is 2.34. The third-order valence-corrected chi connectivity index (χ3v) is 5.84. The first kappa shape index (κ1) is 22.1. The van der Waals surface area contributed by atoms with Crippen molar-refractivity contribution in [2.45, 2.75) is 39.2 Å².